The molecule has 1 N–H and O–H groups in total. The van der Waals surface area contributed by atoms with Crippen LogP contribution in [0.3, 0.4) is 0 Å². The van der Waals surface area contributed by atoms with Gasteiger partial charge in [0.2, 0.25) is 0 Å². The third kappa shape index (κ3) is 2.40. The van der Waals surface area contributed by atoms with Gasteiger partial charge in [-0.3, -0.25) is 13.9 Å². The second-order valence-electron chi connectivity index (χ2n) is 4.84. The van der Waals surface area contributed by atoms with Crippen LogP contribution in [0.25, 0.3) is 11.0 Å². The summed E-state index contributed by atoms with van der Waals surface area (Å²) in [5, 5.41) is 12.6. The molecule has 0 bridgehead atoms. The van der Waals surface area contributed by atoms with Gasteiger partial charge in [-0.2, -0.15) is 5.26 Å². The van der Waals surface area contributed by atoms with Crippen molar-refractivity contribution in [1.82, 2.24) is 14.1 Å². The van der Waals surface area contributed by atoms with Crippen molar-refractivity contribution >= 4 is 16.7 Å². The Bertz CT molecular complexity index is 842. The summed E-state index contributed by atoms with van der Waals surface area (Å²) >= 11 is 0. The smallest absolute Gasteiger partial charge is 0.332 e. The largest absolute Gasteiger partial charge is 0.383 e. The van der Waals surface area contributed by atoms with E-state index in [1.165, 1.54) is 17.8 Å². The van der Waals surface area contributed by atoms with E-state index in [2.05, 4.69) is 17.2 Å². The van der Waals surface area contributed by atoms with Crippen molar-refractivity contribution in [3.05, 3.63) is 32.6 Å². The van der Waals surface area contributed by atoms with Gasteiger partial charge in [0.05, 0.1) is 11.3 Å². The number of unbranched alkanes of at least 4 members (excludes halogenated alkanes) is 1. The molecule has 21 heavy (non-hydrogen) atoms. The Labute approximate surface area is 121 Å². The number of aromatic nitrogens is 3. The van der Waals surface area contributed by atoms with Crippen molar-refractivity contribution in [1.29, 1.82) is 5.26 Å². The molecule has 7 heteroatoms. The number of nitrogens with one attached hydrogen (secondary N) is 1. The third-order valence-corrected chi connectivity index (χ3v) is 3.42. The number of anilines is 1. The molecule has 0 aliphatic heterocycles. The zero-order valence-electron chi connectivity index (χ0n) is 12.3. The summed E-state index contributed by atoms with van der Waals surface area (Å²) in [6.07, 6.45) is 3.30. The van der Waals surface area contributed by atoms with Crippen LogP contribution >= 0.6 is 0 Å². The maximum atomic E-state index is 12.4. The lowest BCUT2D eigenvalue weighted by Crippen LogP contribution is -2.37. The Balaban J connectivity index is 2.83. The molecule has 0 saturated heterocycles. The molecule has 0 aliphatic carbocycles. The predicted octanol–water partition coefficient (Wildman–Crippen LogP) is 0.716. The number of fused-ring (bicyclic) bond motifs is 1. The van der Waals surface area contributed by atoms with Gasteiger partial charge in [-0.15, -0.1) is 0 Å². The van der Waals surface area contributed by atoms with E-state index in [9.17, 15) is 14.9 Å². The lowest BCUT2D eigenvalue weighted by Gasteiger charge is -2.13. The van der Waals surface area contributed by atoms with E-state index in [1.54, 1.807) is 7.05 Å². The molecule has 7 nitrogen and oxygen atoms in total. The molecular weight excluding hydrogens is 270 g/mol. The molecule has 0 aromatic carbocycles. The molecule has 0 radical (unpaired) electrons. The first-order valence-corrected chi connectivity index (χ1v) is 6.75. The SMILES string of the molecule is CCCCNc1c(C#N)cnc2c1c(=O)n(C)c(=O)n2C. The average Bonchev–Trinajstić information content (AvgIpc) is 2.50. The molecular formula is C14H17N5O2. The molecule has 0 aliphatic rings. The van der Waals surface area contributed by atoms with Crippen molar-refractivity contribution in [2.24, 2.45) is 14.1 Å². The van der Waals surface area contributed by atoms with E-state index < -0.39 is 11.2 Å². The number of nitrogens with zero attached hydrogens (tertiary/aromatic N) is 4. The first kappa shape index (κ1) is 14.8. The summed E-state index contributed by atoms with van der Waals surface area (Å²) in [5.74, 6) is 0. The van der Waals surface area contributed by atoms with E-state index in [1.807, 2.05) is 6.07 Å². The maximum Gasteiger partial charge on any atom is 0.332 e. The predicted molar refractivity (Wildman–Crippen MR) is 80.3 cm³/mol. The van der Waals surface area contributed by atoms with Crippen molar-refractivity contribution in [2.75, 3.05) is 11.9 Å². The Hall–Kier alpha value is -2.62. The molecule has 2 aromatic rings. The molecule has 2 rings (SSSR count). The van der Waals surface area contributed by atoms with Gasteiger partial charge in [0.25, 0.3) is 5.56 Å². The number of aryl methyl sites for hydroxylation is 1. The third-order valence-electron chi connectivity index (χ3n) is 3.42. The van der Waals surface area contributed by atoms with Crippen molar-refractivity contribution in [3.63, 3.8) is 0 Å². The maximum absolute atomic E-state index is 12.4. The molecule has 2 heterocycles. The molecule has 0 atom stereocenters. The van der Waals surface area contributed by atoms with Crippen molar-refractivity contribution in [3.8, 4) is 6.07 Å². The lowest BCUT2D eigenvalue weighted by molar-refractivity contribution is 0.707. The second kappa shape index (κ2) is 5.79. The van der Waals surface area contributed by atoms with Gasteiger partial charge in [0, 0.05) is 26.8 Å². The Kier molecular flexibility index (Phi) is 4.08. The lowest BCUT2D eigenvalue weighted by atomic mass is 10.1. The second-order valence-corrected chi connectivity index (χ2v) is 4.84. The molecule has 110 valence electrons. The van der Waals surface area contributed by atoms with Crippen LogP contribution in [0.15, 0.2) is 15.8 Å². The monoisotopic (exact) mass is 287 g/mol. The number of pyridine rings is 1. The quantitative estimate of drug-likeness (QED) is 0.836. The van der Waals surface area contributed by atoms with Crippen molar-refractivity contribution in [2.45, 2.75) is 19.8 Å². The highest BCUT2D eigenvalue weighted by Gasteiger charge is 2.16. The summed E-state index contributed by atoms with van der Waals surface area (Å²) in [7, 11) is 2.97. The van der Waals surface area contributed by atoms with E-state index in [0.29, 0.717) is 17.8 Å². The molecule has 0 fully saturated rings. The summed E-state index contributed by atoms with van der Waals surface area (Å²) in [4.78, 5) is 28.4. The minimum atomic E-state index is -0.448. The van der Waals surface area contributed by atoms with Crippen LogP contribution in [0.5, 0.6) is 0 Å². The number of hydrogen-bond donors (Lipinski definition) is 1. The first-order valence-electron chi connectivity index (χ1n) is 6.75. The Morgan fingerprint density at radius 3 is 2.67 bits per heavy atom. The topological polar surface area (TPSA) is 92.7 Å². The summed E-state index contributed by atoms with van der Waals surface area (Å²) in [6.45, 7) is 2.70. The molecule has 0 saturated carbocycles. The van der Waals surface area contributed by atoms with Gasteiger partial charge in [-0.1, -0.05) is 13.3 Å². The van der Waals surface area contributed by atoms with Crippen LogP contribution in [0.2, 0.25) is 0 Å². The van der Waals surface area contributed by atoms with Gasteiger partial charge >= 0.3 is 5.69 Å². The summed E-state index contributed by atoms with van der Waals surface area (Å²) in [6, 6.07) is 2.03. The normalized spacial score (nSPS) is 10.6. The number of nitriles is 1. The zero-order chi connectivity index (χ0) is 15.6. The van der Waals surface area contributed by atoms with Crippen LogP contribution in [0.4, 0.5) is 5.69 Å². The summed E-state index contributed by atoms with van der Waals surface area (Å²) < 4.78 is 2.33. The fourth-order valence-electron chi connectivity index (χ4n) is 2.19. The Morgan fingerprint density at radius 2 is 2.05 bits per heavy atom. The van der Waals surface area contributed by atoms with Gasteiger partial charge in [-0.05, 0) is 6.42 Å². The Morgan fingerprint density at radius 1 is 1.33 bits per heavy atom. The van der Waals surface area contributed by atoms with Gasteiger partial charge in [-0.25, -0.2) is 9.78 Å². The molecule has 2 aromatic heterocycles. The van der Waals surface area contributed by atoms with Crippen LogP contribution in [0.1, 0.15) is 25.3 Å². The summed E-state index contributed by atoms with van der Waals surface area (Å²) in [5.41, 5.74) is 0.142. The molecule has 0 spiro atoms. The van der Waals surface area contributed by atoms with E-state index in [4.69, 9.17) is 0 Å². The minimum Gasteiger partial charge on any atom is -0.383 e. The van der Waals surface area contributed by atoms with Crippen LogP contribution in [-0.2, 0) is 14.1 Å². The molecule has 0 amide bonds. The minimum absolute atomic E-state index is 0.273. The first-order chi connectivity index (χ1) is 10.0. The van der Waals surface area contributed by atoms with Gasteiger partial charge in [0.15, 0.2) is 5.65 Å². The molecule has 0 unspecified atom stereocenters. The van der Waals surface area contributed by atoms with E-state index >= 15 is 0 Å². The zero-order valence-corrected chi connectivity index (χ0v) is 12.3. The highest BCUT2D eigenvalue weighted by Crippen LogP contribution is 2.21. The number of hydrogen-bond acceptors (Lipinski definition) is 5. The van der Waals surface area contributed by atoms with Gasteiger partial charge in [0.1, 0.15) is 11.5 Å². The average molecular weight is 287 g/mol. The highest BCUT2D eigenvalue weighted by atomic mass is 16.2. The van der Waals surface area contributed by atoms with Crippen LogP contribution in [-0.4, -0.2) is 20.7 Å². The van der Waals surface area contributed by atoms with Crippen LogP contribution < -0.4 is 16.6 Å². The number of rotatable bonds is 4. The van der Waals surface area contributed by atoms with Crippen LogP contribution in [0, 0.1) is 11.3 Å². The fourth-order valence-corrected chi connectivity index (χ4v) is 2.19. The van der Waals surface area contributed by atoms with E-state index in [-0.39, 0.29) is 11.0 Å². The van der Waals surface area contributed by atoms with E-state index in [0.717, 1.165) is 17.4 Å². The standard InChI is InChI=1S/C14H17N5O2/c1-4-5-6-16-11-9(7-15)8-17-12-10(11)13(20)19(3)14(21)18(12)2/h8H,4-6H2,1-3H3,(H,16,17). The van der Waals surface area contributed by atoms with Gasteiger partial charge < -0.3 is 5.32 Å². The fraction of sp³-hybridized carbons (Fsp3) is 0.429. The van der Waals surface area contributed by atoms with Crippen molar-refractivity contribution < 1.29 is 0 Å². The highest BCUT2D eigenvalue weighted by molar-refractivity contribution is 5.91.